The molecule has 102 valence electrons. The van der Waals surface area contributed by atoms with E-state index in [4.69, 9.17) is 16.3 Å². The molecule has 0 fully saturated rings. The van der Waals surface area contributed by atoms with Crippen LogP contribution in [-0.2, 0) is 6.54 Å². The number of nitrogens with one attached hydrogen (secondary N) is 1. The van der Waals surface area contributed by atoms with E-state index in [0.717, 1.165) is 13.0 Å². The van der Waals surface area contributed by atoms with Gasteiger partial charge in [0.25, 0.3) is 0 Å². The Labute approximate surface area is 116 Å². The van der Waals surface area contributed by atoms with Crippen LogP contribution in [0.1, 0.15) is 20.3 Å². The Morgan fingerprint density at radius 2 is 2.16 bits per heavy atom. The summed E-state index contributed by atoms with van der Waals surface area (Å²) in [6.45, 7) is 5.54. The molecule has 0 saturated carbocycles. The number of anilines is 1. The van der Waals surface area contributed by atoms with Crippen molar-refractivity contribution in [3.05, 3.63) is 17.7 Å². The van der Waals surface area contributed by atoms with Crippen LogP contribution in [0.3, 0.4) is 0 Å². The summed E-state index contributed by atoms with van der Waals surface area (Å²) in [6, 6.07) is 0.145. The molecule has 0 amide bonds. The maximum Gasteiger partial charge on any atom is 0.328 e. The van der Waals surface area contributed by atoms with Gasteiger partial charge in [-0.25, -0.2) is 0 Å². The third kappa shape index (κ3) is 3.78. The van der Waals surface area contributed by atoms with Gasteiger partial charge in [0.15, 0.2) is 5.75 Å². The van der Waals surface area contributed by atoms with Crippen LogP contribution in [0.5, 0.6) is 11.8 Å². The van der Waals surface area contributed by atoms with Crippen molar-refractivity contribution in [3.63, 3.8) is 0 Å². The van der Waals surface area contributed by atoms with E-state index in [1.165, 1.54) is 0 Å². The zero-order valence-electron chi connectivity index (χ0n) is 10.8. The summed E-state index contributed by atoms with van der Waals surface area (Å²) < 4.78 is 7.30. The summed E-state index contributed by atoms with van der Waals surface area (Å²) in [5.74, 6) is 0.955. The monoisotopic (exact) mass is 282 g/mol. The van der Waals surface area contributed by atoms with Gasteiger partial charge in [-0.3, -0.25) is 4.68 Å². The van der Waals surface area contributed by atoms with E-state index in [2.05, 4.69) is 32.3 Å². The molecule has 2 rings (SSSR count). The van der Waals surface area contributed by atoms with Crippen molar-refractivity contribution in [2.24, 2.45) is 0 Å². The number of rotatable bonds is 6. The van der Waals surface area contributed by atoms with Gasteiger partial charge >= 0.3 is 6.01 Å². The third-order valence-corrected chi connectivity index (χ3v) is 2.36. The second-order valence-corrected chi connectivity index (χ2v) is 4.12. The van der Waals surface area contributed by atoms with Gasteiger partial charge in [0.05, 0.1) is 12.4 Å². The van der Waals surface area contributed by atoms with E-state index >= 15 is 0 Å². The van der Waals surface area contributed by atoms with Gasteiger partial charge in [-0.15, -0.1) is 0 Å². The average Bonchev–Trinajstić information content (AvgIpc) is 2.76. The maximum atomic E-state index is 5.80. The Kier molecular flexibility index (Phi) is 4.51. The van der Waals surface area contributed by atoms with Gasteiger partial charge in [0.1, 0.15) is 0 Å². The van der Waals surface area contributed by atoms with Crippen LogP contribution in [0.4, 0.5) is 5.95 Å². The number of hydrogen-bond donors (Lipinski definition) is 1. The number of hydrogen-bond acceptors (Lipinski definition) is 6. The first-order chi connectivity index (χ1) is 9.21. The molecule has 7 nitrogen and oxygen atoms in total. The van der Waals surface area contributed by atoms with Crippen LogP contribution in [-0.4, -0.2) is 31.3 Å². The lowest BCUT2D eigenvalue weighted by atomic mass is 10.5. The Morgan fingerprint density at radius 1 is 1.32 bits per heavy atom. The molecule has 0 spiro atoms. The molecule has 8 heteroatoms. The average molecular weight is 283 g/mol. The minimum Gasteiger partial charge on any atom is -0.421 e. The van der Waals surface area contributed by atoms with E-state index < -0.39 is 0 Å². The maximum absolute atomic E-state index is 5.80. The highest BCUT2D eigenvalue weighted by Gasteiger charge is 2.08. The molecule has 0 radical (unpaired) electrons. The largest absolute Gasteiger partial charge is 0.421 e. The van der Waals surface area contributed by atoms with Crippen molar-refractivity contribution in [3.8, 4) is 11.8 Å². The van der Waals surface area contributed by atoms with E-state index in [-0.39, 0.29) is 11.3 Å². The highest BCUT2D eigenvalue weighted by atomic mass is 35.5. The Bertz CT molecular complexity index is 544. The molecular weight excluding hydrogens is 268 g/mol. The number of ether oxygens (including phenoxy) is 1. The topological polar surface area (TPSA) is 77.8 Å². The fourth-order valence-corrected chi connectivity index (χ4v) is 1.62. The van der Waals surface area contributed by atoms with Gasteiger partial charge in [0, 0.05) is 13.1 Å². The Balaban J connectivity index is 2.12. The molecule has 0 bridgehead atoms. The molecule has 0 aliphatic carbocycles. The summed E-state index contributed by atoms with van der Waals surface area (Å²) in [6.07, 6.45) is 4.40. The Hall–Kier alpha value is -1.89. The summed E-state index contributed by atoms with van der Waals surface area (Å²) in [4.78, 5) is 11.9. The van der Waals surface area contributed by atoms with Gasteiger partial charge in [-0.1, -0.05) is 6.92 Å². The zero-order valence-corrected chi connectivity index (χ0v) is 11.6. The zero-order chi connectivity index (χ0) is 13.7. The molecule has 0 aromatic carbocycles. The predicted molar refractivity (Wildman–Crippen MR) is 71.6 cm³/mol. The van der Waals surface area contributed by atoms with Crippen molar-refractivity contribution in [2.45, 2.75) is 26.8 Å². The number of nitrogens with zero attached hydrogens (tertiary/aromatic N) is 5. The molecule has 0 unspecified atom stereocenters. The van der Waals surface area contributed by atoms with Crippen molar-refractivity contribution in [1.29, 1.82) is 0 Å². The fourth-order valence-electron chi connectivity index (χ4n) is 1.47. The first-order valence-corrected chi connectivity index (χ1v) is 6.44. The Morgan fingerprint density at radius 3 is 2.89 bits per heavy atom. The highest BCUT2D eigenvalue weighted by molar-refractivity contribution is 6.28. The van der Waals surface area contributed by atoms with Gasteiger partial charge in [-0.05, 0) is 24.9 Å². The minimum absolute atomic E-state index is 0.0851. The molecule has 0 atom stereocenters. The van der Waals surface area contributed by atoms with Crippen LogP contribution >= 0.6 is 11.6 Å². The van der Waals surface area contributed by atoms with Crippen molar-refractivity contribution in [2.75, 3.05) is 11.9 Å². The second-order valence-electron chi connectivity index (χ2n) is 3.78. The lowest BCUT2D eigenvalue weighted by Crippen LogP contribution is -2.04. The van der Waals surface area contributed by atoms with Crippen LogP contribution in [0.15, 0.2) is 12.4 Å². The molecular formula is C11H15ClN6O. The molecule has 2 heterocycles. The molecule has 0 aliphatic heterocycles. The minimum atomic E-state index is 0.0851. The standard InChI is InChI=1S/C11H15ClN6O/c1-3-5-18-7-8(6-14-18)19-11-16-9(12)15-10(17-11)13-4-2/h6-7H,3-5H2,1-2H3,(H,13,15,16,17). The molecule has 2 aromatic rings. The predicted octanol–water partition coefficient (Wildman–Crippen LogP) is 2.36. The highest BCUT2D eigenvalue weighted by Crippen LogP contribution is 2.19. The van der Waals surface area contributed by atoms with Crippen LogP contribution in [0.2, 0.25) is 5.28 Å². The molecule has 0 aliphatic rings. The summed E-state index contributed by atoms with van der Waals surface area (Å²) in [7, 11) is 0. The molecule has 1 N–H and O–H groups in total. The van der Waals surface area contributed by atoms with Crippen molar-refractivity contribution >= 4 is 17.5 Å². The normalized spacial score (nSPS) is 10.5. The second kappa shape index (κ2) is 6.33. The van der Waals surface area contributed by atoms with E-state index in [1.807, 2.05) is 6.92 Å². The summed E-state index contributed by atoms with van der Waals surface area (Å²) >= 11 is 5.80. The summed E-state index contributed by atoms with van der Waals surface area (Å²) in [5, 5.41) is 7.19. The molecule has 0 saturated heterocycles. The SMILES string of the molecule is CCCn1cc(Oc2nc(Cl)nc(NCC)n2)cn1. The smallest absolute Gasteiger partial charge is 0.328 e. The first-order valence-electron chi connectivity index (χ1n) is 6.07. The van der Waals surface area contributed by atoms with E-state index in [0.29, 0.717) is 18.2 Å². The van der Waals surface area contributed by atoms with Crippen LogP contribution < -0.4 is 10.1 Å². The first kappa shape index (κ1) is 13.5. The van der Waals surface area contributed by atoms with E-state index in [9.17, 15) is 0 Å². The number of halogens is 1. The number of aromatic nitrogens is 5. The van der Waals surface area contributed by atoms with Crippen LogP contribution in [0, 0.1) is 0 Å². The quantitative estimate of drug-likeness (QED) is 0.876. The van der Waals surface area contributed by atoms with Gasteiger partial charge in [0.2, 0.25) is 11.2 Å². The lowest BCUT2D eigenvalue weighted by Gasteiger charge is -2.04. The van der Waals surface area contributed by atoms with Gasteiger partial charge in [-0.2, -0.15) is 20.1 Å². The van der Waals surface area contributed by atoms with Crippen molar-refractivity contribution in [1.82, 2.24) is 24.7 Å². The van der Waals surface area contributed by atoms with Crippen LogP contribution in [0.25, 0.3) is 0 Å². The summed E-state index contributed by atoms with van der Waals surface area (Å²) in [5.41, 5.74) is 0. The third-order valence-electron chi connectivity index (χ3n) is 2.19. The van der Waals surface area contributed by atoms with Gasteiger partial charge < -0.3 is 10.1 Å². The molecule has 19 heavy (non-hydrogen) atoms. The van der Waals surface area contributed by atoms with Crippen molar-refractivity contribution < 1.29 is 4.74 Å². The van der Waals surface area contributed by atoms with E-state index in [1.54, 1.807) is 17.1 Å². The fraction of sp³-hybridized carbons (Fsp3) is 0.455. The number of aryl methyl sites for hydroxylation is 1. The lowest BCUT2D eigenvalue weighted by molar-refractivity contribution is 0.439. The molecule has 2 aromatic heterocycles.